The largest absolute Gasteiger partial charge is 0.296 e. The summed E-state index contributed by atoms with van der Waals surface area (Å²) in [5.41, 5.74) is 1.23. The van der Waals surface area contributed by atoms with E-state index in [2.05, 4.69) is 15.0 Å². The molecule has 0 unspecified atom stereocenters. The van der Waals surface area contributed by atoms with Gasteiger partial charge in [0.1, 0.15) is 17.3 Å². The molecule has 2 aromatic heterocycles. The monoisotopic (exact) mass is 236 g/mol. The van der Waals surface area contributed by atoms with Crippen molar-refractivity contribution in [3.8, 4) is 5.82 Å². The van der Waals surface area contributed by atoms with Crippen LogP contribution in [0.25, 0.3) is 5.82 Å². The molecule has 0 amide bonds. The van der Waals surface area contributed by atoms with Gasteiger partial charge in [-0.15, -0.1) is 0 Å². The Labute approximate surface area is 97.1 Å². The number of aromatic nitrogens is 4. The van der Waals surface area contributed by atoms with Crippen LogP contribution in [0.15, 0.2) is 12.4 Å². The average molecular weight is 237 g/mol. The zero-order valence-corrected chi connectivity index (χ0v) is 9.56. The minimum Gasteiger partial charge on any atom is -0.296 e. The van der Waals surface area contributed by atoms with E-state index in [0.29, 0.717) is 23.6 Å². The van der Waals surface area contributed by atoms with Gasteiger partial charge in [-0.1, -0.05) is 0 Å². The third-order valence-corrected chi connectivity index (χ3v) is 2.35. The van der Waals surface area contributed by atoms with Crippen molar-refractivity contribution >= 4 is 17.9 Å². The highest BCUT2D eigenvalue weighted by molar-refractivity contribution is 6.28. The van der Waals surface area contributed by atoms with Gasteiger partial charge in [-0.2, -0.15) is 4.98 Å². The van der Waals surface area contributed by atoms with E-state index in [-0.39, 0.29) is 5.28 Å². The van der Waals surface area contributed by atoms with E-state index in [1.165, 1.54) is 0 Å². The Kier molecular flexibility index (Phi) is 2.70. The lowest BCUT2D eigenvalue weighted by Crippen LogP contribution is -2.02. The molecule has 6 heteroatoms. The lowest BCUT2D eigenvalue weighted by molar-refractivity contribution is 0.111. The second-order valence-corrected chi connectivity index (χ2v) is 3.68. The third kappa shape index (κ3) is 1.81. The number of hydrogen-bond donors (Lipinski definition) is 0. The van der Waals surface area contributed by atoms with E-state index in [4.69, 9.17) is 11.6 Å². The molecule has 0 aliphatic heterocycles. The van der Waals surface area contributed by atoms with Crippen molar-refractivity contribution in [1.82, 2.24) is 19.5 Å². The van der Waals surface area contributed by atoms with Crippen molar-refractivity contribution in [2.75, 3.05) is 0 Å². The Balaban J connectivity index is 2.61. The summed E-state index contributed by atoms with van der Waals surface area (Å²) in [6.07, 6.45) is 3.94. The number of carbonyl (C=O) groups is 1. The van der Waals surface area contributed by atoms with Gasteiger partial charge < -0.3 is 0 Å². The second-order valence-electron chi connectivity index (χ2n) is 3.35. The molecule has 2 heterocycles. The minimum absolute atomic E-state index is 0.168. The van der Waals surface area contributed by atoms with Gasteiger partial charge in [-0.05, 0) is 25.4 Å². The summed E-state index contributed by atoms with van der Waals surface area (Å²) in [5.74, 6) is 1.32. The van der Waals surface area contributed by atoms with Crippen LogP contribution in [0.2, 0.25) is 5.28 Å². The van der Waals surface area contributed by atoms with Crippen molar-refractivity contribution in [2.45, 2.75) is 13.8 Å². The summed E-state index contributed by atoms with van der Waals surface area (Å²) in [5, 5.41) is 0.168. The molecule has 2 aromatic rings. The maximum atomic E-state index is 10.6. The molecule has 0 radical (unpaired) electrons. The summed E-state index contributed by atoms with van der Waals surface area (Å²) in [7, 11) is 0. The molecule has 0 saturated carbocycles. The zero-order valence-electron chi connectivity index (χ0n) is 8.81. The molecule has 0 atom stereocenters. The topological polar surface area (TPSA) is 60.7 Å². The predicted molar refractivity (Wildman–Crippen MR) is 59.0 cm³/mol. The second kappa shape index (κ2) is 4.02. The van der Waals surface area contributed by atoms with Gasteiger partial charge in [0.25, 0.3) is 0 Å². The fraction of sp³-hybridized carbons (Fsp3) is 0.200. The first-order valence-electron chi connectivity index (χ1n) is 4.62. The molecule has 0 N–H and O–H groups in total. The Hall–Kier alpha value is -1.75. The number of aldehydes is 1. The van der Waals surface area contributed by atoms with E-state index in [0.717, 1.165) is 5.56 Å². The fourth-order valence-electron chi connectivity index (χ4n) is 1.42. The van der Waals surface area contributed by atoms with E-state index in [1.54, 1.807) is 23.9 Å². The molecular weight excluding hydrogens is 228 g/mol. The number of carbonyl (C=O) groups excluding carboxylic acids is 1. The van der Waals surface area contributed by atoms with Crippen molar-refractivity contribution in [3.05, 3.63) is 34.8 Å². The van der Waals surface area contributed by atoms with Gasteiger partial charge >= 0.3 is 0 Å². The Morgan fingerprint density at radius 2 is 2.12 bits per heavy atom. The van der Waals surface area contributed by atoms with Crippen LogP contribution in [-0.4, -0.2) is 25.8 Å². The number of aryl methyl sites for hydroxylation is 2. The van der Waals surface area contributed by atoms with Crippen LogP contribution in [0.4, 0.5) is 0 Å². The quantitative estimate of drug-likeness (QED) is 0.589. The van der Waals surface area contributed by atoms with Crippen LogP contribution in [0.5, 0.6) is 0 Å². The number of hydrogen-bond acceptors (Lipinski definition) is 4. The molecule has 0 saturated heterocycles. The Morgan fingerprint density at radius 1 is 1.38 bits per heavy atom. The van der Waals surface area contributed by atoms with E-state index < -0.39 is 0 Å². The molecule has 0 aromatic carbocycles. The van der Waals surface area contributed by atoms with Crippen molar-refractivity contribution in [1.29, 1.82) is 0 Å². The van der Waals surface area contributed by atoms with Crippen molar-refractivity contribution in [3.63, 3.8) is 0 Å². The Morgan fingerprint density at radius 3 is 2.75 bits per heavy atom. The summed E-state index contributed by atoms with van der Waals surface area (Å²) in [6, 6.07) is 0. The van der Waals surface area contributed by atoms with E-state index in [9.17, 15) is 4.79 Å². The van der Waals surface area contributed by atoms with Crippen LogP contribution in [0.3, 0.4) is 0 Å². The highest BCUT2D eigenvalue weighted by Gasteiger charge is 2.09. The maximum absolute atomic E-state index is 10.6. The number of nitrogens with zero attached hydrogens (tertiary/aromatic N) is 4. The van der Waals surface area contributed by atoms with E-state index >= 15 is 0 Å². The standard InChI is InChI=1S/C10H9ClN4O/c1-6-3-12-10(11)14-9(6)15-4-8(5-16)13-7(15)2/h3-5H,1-2H3. The fourth-order valence-corrected chi connectivity index (χ4v) is 1.55. The maximum Gasteiger partial charge on any atom is 0.224 e. The number of imidazole rings is 1. The zero-order chi connectivity index (χ0) is 11.7. The first-order chi connectivity index (χ1) is 7.61. The van der Waals surface area contributed by atoms with Gasteiger partial charge in [-0.25, -0.2) is 9.97 Å². The van der Waals surface area contributed by atoms with Crippen molar-refractivity contribution in [2.24, 2.45) is 0 Å². The lowest BCUT2D eigenvalue weighted by Gasteiger charge is -2.06. The number of halogens is 1. The van der Waals surface area contributed by atoms with E-state index in [1.807, 2.05) is 6.92 Å². The van der Waals surface area contributed by atoms with Crippen LogP contribution in [0, 0.1) is 13.8 Å². The van der Waals surface area contributed by atoms with Gasteiger partial charge in [0.05, 0.1) is 0 Å². The molecule has 5 nitrogen and oxygen atoms in total. The third-order valence-electron chi connectivity index (χ3n) is 2.17. The molecule has 0 spiro atoms. The minimum atomic E-state index is 0.168. The predicted octanol–water partition coefficient (Wildman–Crippen LogP) is 1.75. The summed E-state index contributed by atoms with van der Waals surface area (Å²) < 4.78 is 1.71. The van der Waals surface area contributed by atoms with Crippen LogP contribution in [-0.2, 0) is 0 Å². The molecule has 82 valence electrons. The summed E-state index contributed by atoms with van der Waals surface area (Å²) in [4.78, 5) is 22.7. The van der Waals surface area contributed by atoms with Crippen LogP contribution in [0.1, 0.15) is 21.9 Å². The van der Waals surface area contributed by atoms with Crippen LogP contribution < -0.4 is 0 Å². The van der Waals surface area contributed by atoms with Crippen molar-refractivity contribution < 1.29 is 4.79 Å². The first-order valence-corrected chi connectivity index (χ1v) is 5.00. The van der Waals surface area contributed by atoms with Gasteiger partial charge in [0, 0.05) is 18.0 Å². The summed E-state index contributed by atoms with van der Waals surface area (Å²) >= 11 is 5.73. The molecule has 0 bridgehead atoms. The smallest absolute Gasteiger partial charge is 0.224 e. The summed E-state index contributed by atoms with van der Waals surface area (Å²) in [6.45, 7) is 3.66. The average Bonchev–Trinajstić information content (AvgIpc) is 2.63. The molecule has 16 heavy (non-hydrogen) atoms. The molecule has 0 aliphatic carbocycles. The highest BCUT2D eigenvalue weighted by atomic mass is 35.5. The Bertz CT molecular complexity index is 550. The molecule has 2 rings (SSSR count). The highest BCUT2D eigenvalue weighted by Crippen LogP contribution is 2.15. The molecule has 0 aliphatic rings. The molecular formula is C10H9ClN4O. The van der Waals surface area contributed by atoms with Crippen LogP contribution >= 0.6 is 11.6 Å². The lowest BCUT2D eigenvalue weighted by atomic mass is 10.3. The number of rotatable bonds is 2. The molecule has 0 fully saturated rings. The van der Waals surface area contributed by atoms with Gasteiger partial charge in [0.2, 0.25) is 5.28 Å². The SMILES string of the molecule is Cc1cnc(Cl)nc1-n1cc(C=O)nc1C. The van der Waals surface area contributed by atoms with Gasteiger partial charge in [-0.3, -0.25) is 9.36 Å². The first kappa shape index (κ1) is 10.8. The van der Waals surface area contributed by atoms with Gasteiger partial charge in [0.15, 0.2) is 6.29 Å². The normalized spacial score (nSPS) is 10.4.